The van der Waals surface area contributed by atoms with Crippen molar-refractivity contribution in [1.82, 2.24) is 25.4 Å². The number of aryl methyl sites for hydroxylation is 1. The second-order valence-electron chi connectivity index (χ2n) is 7.60. The molecule has 1 aromatic rings. The molecule has 0 bridgehead atoms. The Bertz CT molecular complexity index is 591. The van der Waals surface area contributed by atoms with Gasteiger partial charge in [0.15, 0.2) is 11.8 Å². The van der Waals surface area contributed by atoms with Gasteiger partial charge in [-0.25, -0.2) is 4.99 Å². The second kappa shape index (κ2) is 9.62. The zero-order valence-corrected chi connectivity index (χ0v) is 17.3. The Labute approximate surface area is 162 Å². The normalized spacial score (nSPS) is 24.8. The van der Waals surface area contributed by atoms with Gasteiger partial charge in [0, 0.05) is 24.4 Å². The number of hydrogen-bond donors (Lipinski definition) is 2. The lowest BCUT2D eigenvalue weighted by Gasteiger charge is -2.31. The number of hydrogen-bond acceptors (Lipinski definition) is 4. The predicted octanol–water partition coefficient (Wildman–Crippen LogP) is 3.17. The van der Waals surface area contributed by atoms with E-state index in [0.29, 0.717) is 18.6 Å². The first-order valence-corrected chi connectivity index (χ1v) is 11.2. The number of guanidine groups is 1. The quantitative estimate of drug-likeness (QED) is 0.588. The van der Waals surface area contributed by atoms with E-state index in [1.54, 1.807) is 0 Å². The van der Waals surface area contributed by atoms with Crippen LogP contribution in [0.25, 0.3) is 0 Å². The van der Waals surface area contributed by atoms with Crippen LogP contribution >= 0.6 is 11.8 Å². The van der Waals surface area contributed by atoms with Gasteiger partial charge in [-0.15, -0.1) is 10.2 Å². The minimum absolute atomic E-state index is 0.529. The van der Waals surface area contributed by atoms with E-state index in [4.69, 9.17) is 4.99 Å². The Morgan fingerprint density at radius 3 is 2.54 bits per heavy atom. The smallest absolute Gasteiger partial charge is 0.192 e. The van der Waals surface area contributed by atoms with Crippen molar-refractivity contribution in [3.05, 3.63) is 11.6 Å². The molecule has 7 heteroatoms. The highest BCUT2D eigenvalue weighted by Gasteiger charge is 2.24. The van der Waals surface area contributed by atoms with Gasteiger partial charge in [-0.05, 0) is 44.8 Å². The third-order valence-electron chi connectivity index (χ3n) is 5.63. The fourth-order valence-corrected chi connectivity index (χ4v) is 5.16. The highest BCUT2D eigenvalue weighted by atomic mass is 32.2. The Hall–Kier alpha value is -1.24. The molecule has 1 heterocycles. The van der Waals surface area contributed by atoms with Crippen molar-refractivity contribution in [2.24, 2.45) is 12.0 Å². The van der Waals surface area contributed by atoms with Crippen molar-refractivity contribution in [1.29, 1.82) is 0 Å². The molecule has 2 saturated carbocycles. The molecule has 2 unspecified atom stereocenters. The molecule has 2 atom stereocenters. The summed E-state index contributed by atoms with van der Waals surface area (Å²) in [5.74, 6) is 4.02. The number of aromatic nitrogens is 3. The zero-order valence-electron chi connectivity index (χ0n) is 16.5. The predicted molar refractivity (Wildman–Crippen MR) is 110 cm³/mol. The van der Waals surface area contributed by atoms with Crippen LogP contribution in [-0.4, -0.2) is 43.8 Å². The summed E-state index contributed by atoms with van der Waals surface area (Å²) in [6, 6.07) is 1.09. The van der Waals surface area contributed by atoms with Gasteiger partial charge in [-0.3, -0.25) is 0 Å². The van der Waals surface area contributed by atoms with E-state index >= 15 is 0 Å². The lowest BCUT2D eigenvalue weighted by Crippen LogP contribution is -2.48. The van der Waals surface area contributed by atoms with Crippen LogP contribution in [0.5, 0.6) is 0 Å². The summed E-state index contributed by atoms with van der Waals surface area (Å²) >= 11 is 2.11. The molecule has 2 N–H and O–H groups in total. The molecule has 0 spiro atoms. The highest BCUT2D eigenvalue weighted by molar-refractivity contribution is 7.99. The first-order chi connectivity index (χ1) is 12.7. The molecule has 0 saturated heterocycles. The lowest BCUT2D eigenvalue weighted by molar-refractivity contribution is 0.416. The fourth-order valence-electron chi connectivity index (χ4n) is 3.99. The Balaban J connectivity index is 1.64. The maximum Gasteiger partial charge on any atom is 0.192 e. The van der Waals surface area contributed by atoms with E-state index < -0.39 is 0 Å². The van der Waals surface area contributed by atoms with Gasteiger partial charge < -0.3 is 15.2 Å². The number of thioether (sulfide) groups is 1. The highest BCUT2D eigenvalue weighted by Crippen LogP contribution is 2.28. The van der Waals surface area contributed by atoms with Crippen molar-refractivity contribution >= 4 is 17.7 Å². The van der Waals surface area contributed by atoms with E-state index in [1.807, 2.05) is 18.5 Å². The fraction of sp³-hybridized carbons (Fsp3) is 0.842. The lowest BCUT2D eigenvalue weighted by atomic mass is 9.95. The van der Waals surface area contributed by atoms with Crippen LogP contribution in [-0.2, 0) is 13.6 Å². The molecule has 0 amide bonds. The number of nitrogens with one attached hydrogen (secondary N) is 2. The third-order valence-corrected chi connectivity index (χ3v) is 6.86. The molecular weight excluding hydrogens is 344 g/mol. The first-order valence-electron chi connectivity index (χ1n) is 10.2. The van der Waals surface area contributed by atoms with Crippen LogP contribution in [0.2, 0.25) is 0 Å². The molecule has 2 aliphatic carbocycles. The molecule has 146 valence electrons. The van der Waals surface area contributed by atoms with Crippen molar-refractivity contribution in [3.8, 4) is 0 Å². The number of aliphatic imine (C=N–C) groups is 1. The topological polar surface area (TPSA) is 67.1 Å². The molecule has 2 aliphatic rings. The standard InChI is InChI=1S/C19H34N6S/c1-4-26-17-11-7-10-16(12-17)22-19(21-15-8-5-6-9-15)20-13-18-24-23-14(2)25(18)3/h15-17H,4-13H2,1-3H3,(H2,20,21,22). The van der Waals surface area contributed by atoms with Gasteiger partial charge in [0.25, 0.3) is 0 Å². The van der Waals surface area contributed by atoms with Crippen LogP contribution in [0.1, 0.15) is 69.9 Å². The van der Waals surface area contributed by atoms with Gasteiger partial charge in [-0.2, -0.15) is 11.8 Å². The molecular formula is C19H34N6S. The van der Waals surface area contributed by atoms with Crippen LogP contribution in [0, 0.1) is 6.92 Å². The molecule has 26 heavy (non-hydrogen) atoms. The van der Waals surface area contributed by atoms with E-state index in [2.05, 4.69) is 39.5 Å². The third kappa shape index (κ3) is 5.38. The van der Waals surface area contributed by atoms with Crippen LogP contribution in [0.3, 0.4) is 0 Å². The monoisotopic (exact) mass is 378 g/mol. The maximum absolute atomic E-state index is 4.86. The maximum atomic E-state index is 4.86. The molecule has 3 rings (SSSR count). The summed E-state index contributed by atoms with van der Waals surface area (Å²) in [5, 5.41) is 16.6. The van der Waals surface area contributed by atoms with Crippen molar-refractivity contribution in [2.45, 2.75) is 89.1 Å². The van der Waals surface area contributed by atoms with Gasteiger partial charge in [0.05, 0.1) is 0 Å². The first kappa shape index (κ1) is 19.5. The molecule has 2 fully saturated rings. The second-order valence-corrected chi connectivity index (χ2v) is 9.18. The molecule has 0 aliphatic heterocycles. The van der Waals surface area contributed by atoms with Crippen molar-refractivity contribution < 1.29 is 0 Å². The molecule has 1 aromatic heterocycles. The SMILES string of the molecule is CCSC1CCCC(NC(=NCc2nnc(C)n2C)NC2CCCC2)C1. The average Bonchev–Trinajstić information content (AvgIpc) is 3.25. The largest absolute Gasteiger partial charge is 0.354 e. The van der Waals surface area contributed by atoms with Crippen LogP contribution < -0.4 is 10.6 Å². The van der Waals surface area contributed by atoms with E-state index in [9.17, 15) is 0 Å². The Morgan fingerprint density at radius 1 is 1.12 bits per heavy atom. The average molecular weight is 379 g/mol. The molecule has 6 nitrogen and oxygen atoms in total. The summed E-state index contributed by atoms with van der Waals surface area (Å²) in [6.45, 7) is 4.81. The van der Waals surface area contributed by atoms with Gasteiger partial charge in [0.2, 0.25) is 0 Å². The summed E-state index contributed by atoms with van der Waals surface area (Å²) in [7, 11) is 2.01. The van der Waals surface area contributed by atoms with Crippen molar-refractivity contribution in [2.75, 3.05) is 5.75 Å². The van der Waals surface area contributed by atoms with E-state index in [0.717, 1.165) is 22.9 Å². The number of nitrogens with zero attached hydrogens (tertiary/aromatic N) is 4. The zero-order chi connectivity index (χ0) is 18.4. The summed E-state index contributed by atoms with van der Waals surface area (Å²) < 4.78 is 2.02. The Kier molecular flexibility index (Phi) is 7.23. The van der Waals surface area contributed by atoms with E-state index in [-0.39, 0.29) is 0 Å². The minimum Gasteiger partial charge on any atom is -0.354 e. The van der Waals surface area contributed by atoms with Gasteiger partial charge in [0.1, 0.15) is 12.4 Å². The van der Waals surface area contributed by atoms with Crippen molar-refractivity contribution in [3.63, 3.8) is 0 Å². The molecule has 0 aromatic carbocycles. The summed E-state index contributed by atoms with van der Waals surface area (Å²) in [5.41, 5.74) is 0. The number of rotatable bonds is 6. The van der Waals surface area contributed by atoms with Crippen LogP contribution in [0.15, 0.2) is 4.99 Å². The summed E-state index contributed by atoms with van der Waals surface area (Å²) in [6.07, 6.45) is 10.3. The van der Waals surface area contributed by atoms with Gasteiger partial charge in [-0.1, -0.05) is 26.2 Å². The Morgan fingerprint density at radius 2 is 1.85 bits per heavy atom. The summed E-state index contributed by atoms with van der Waals surface area (Å²) in [4.78, 5) is 4.86. The van der Waals surface area contributed by atoms with E-state index in [1.165, 1.54) is 57.1 Å². The van der Waals surface area contributed by atoms with Crippen LogP contribution in [0.4, 0.5) is 0 Å². The minimum atomic E-state index is 0.529. The van der Waals surface area contributed by atoms with Gasteiger partial charge >= 0.3 is 0 Å². The molecule has 0 radical (unpaired) electrons.